The lowest BCUT2D eigenvalue weighted by Crippen LogP contribution is -2.32. The molecule has 2 aromatic rings. The molecule has 0 aliphatic heterocycles. The molecule has 112 valence electrons. The van der Waals surface area contributed by atoms with Crippen LogP contribution in [0.1, 0.15) is 37.4 Å². The fourth-order valence-electron chi connectivity index (χ4n) is 2.56. The molecule has 2 aromatic carbocycles. The van der Waals surface area contributed by atoms with Crippen molar-refractivity contribution in [1.29, 1.82) is 0 Å². The van der Waals surface area contributed by atoms with E-state index in [2.05, 4.69) is 80.0 Å². The van der Waals surface area contributed by atoms with Gasteiger partial charge in [0.1, 0.15) is 0 Å². The molecule has 2 heteroatoms. The minimum Gasteiger partial charge on any atom is -0.307 e. The Balaban J connectivity index is 1.96. The Morgan fingerprint density at radius 2 is 1.67 bits per heavy atom. The Kier molecular flexibility index (Phi) is 6.34. The summed E-state index contributed by atoms with van der Waals surface area (Å²) >= 11 is 1.79. The molecule has 0 saturated carbocycles. The van der Waals surface area contributed by atoms with Crippen LogP contribution in [0.5, 0.6) is 0 Å². The van der Waals surface area contributed by atoms with Crippen LogP contribution in [0.25, 0.3) is 0 Å². The first kappa shape index (κ1) is 16.1. The highest BCUT2D eigenvalue weighted by atomic mass is 32.2. The van der Waals surface area contributed by atoms with Gasteiger partial charge in [0.2, 0.25) is 0 Å². The number of rotatable bonds is 7. The molecule has 0 bridgehead atoms. The zero-order chi connectivity index (χ0) is 15.1. The van der Waals surface area contributed by atoms with E-state index in [4.69, 9.17) is 0 Å². The van der Waals surface area contributed by atoms with Crippen LogP contribution < -0.4 is 5.32 Å². The first-order chi connectivity index (χ1) is 10.2. The van der Waals surface area contributed by atoms with E-state index in [0.29, 0.717) is 12.1 Å². The number of nitrogens with one attached hydrogen (secondary N) is 1. The Morgan fingerprint density at radius 1 is 1.00 bits per heavy atom. The number of hydrogen-bond acceptors (Lipinski definition) is 2. The molecular weight excluding hydrogens is 274 g/mol. The number of benzene rings is 2. The van der Waals surface area contributed by atoms with Gasteiger partial charge in [0.15, 0.2) is 0 Å². The molecule has 2 atom stereocenters. The molecule has 0 radical (unpaired) electrons. The standard InChI is InChI=1S/C19H25NS/c1-4-18(14-16-8-6-5-7-9-16)20-15(2)17-10-12-19(21-3)13-11-17/h5-13,15,18,20H,4,14H2,1-3H3. The molecule has 2 unspecified atom stereocenters. The van der Waals surface area contributed by atoms with Crippen molar-refractivity contribution in [3.8, 4) is 0 Å². The topological polar surface area (TPSA) is 12.0 Å². The molecule has 0 saturated heterocycles. The van der Waals surface area contributed by atoms with Crippen molar-refractivity contribution in [3.63, 3.8) is 0 Å². The Morgan fingerprint density at radius 3 is 2.24 bits per heavy atom. The number of thioether (sulfide) groups is 1. The van der Waals surface area contributed by atoms with Crippen LogP contribution in [0.4, 0.5) is 0 Å². The molecule has 1 nitrogen and oxygen atoms in total. The highest BCUT2D eigenvalue weighted by Crippen LogP contribution is 2.20. The van der Waals surface area contributed by atoms with Crippen LogP contribution in [0.2, 0.25) is 0 Å². The average molecular weight is 299 g/mol. The van der Waals surface area contributed by atoms with Gasteiger partial charge in [0.25, 0.3) is 0 Å². The summed E-state index contributed by atoms with van der Waals surface area (Å²) in [4.78, 5) is 1.32. The smallest absolute Gasteiger partial charge is 0.0294 e. The van der Waals surface area contributed by atoms with E-state index in [9.17, 15) is 0 Å². The fraction of sp³-hybridized carbons (Fsp3) is 0.368. The van der Waals surface area contributed by atoms with Crippen LogP contribution in [-0.4, -0.2) is 12.3 Å². The minimum absolute atomic E-state index is 0.384. The van der Waals surface area contributed by atoms with Gasteiger partial charge < -0.3 is 5.32 Å². The summed E-state index contributed by atoms with van der Waals surface area (Å²) in [6, 6.07) is 20.5. The van der Waals surface area contributed by atoms with E-state index >= 15 is 0 Å². The van der Waals surface area contributed by atoms with E-state index in [1.54, 1.807) is 11.8 Å². The van der Waals surface area contributed by atoms with Crippen molar-refractivity contribution >= 4 is 11.8 Å². The van der Waals surface area contributed by atoms with Gasteiger partial charge in [-0.05, 0) is 49.3 Å². The van der Waals surface area contributed by atoms with Crippen molar-refractivity contribution in [3.05, 3.63) is 65.7 Å². The Bertz CT molecular complexity index is 521. The lowest BCUT2D eigenvalue weighted by Gasteiger charge is -2.23. The van der Waals surface area contributed by atoms with Crippen LogP contribution >= 0.6 is 11.8 Å². The van der Waals surface area contributed by atoms with Gasteiger partial charge in [-0.25, -0.2) is 0 Å². The molecule has 2 rings (SSSR count). The summed E-state index contributed by atoms with van der Waals surface area (Å²) in [7, 11) is 0. The van der Waals surface area contributed by atoms with Gasteiger partial charge in [-0.15, -0.1) is 11.8 Å². The highest BCUT2D eigenvalue weighted by molar-refractivity contribution is 7.98. The summed E-state index contributed by atoms with van der Waals surface area (Å²) < 4.78 is 0. The quantitative estimate of drug-likeness (QED) is 0.715. The molecule has 0 aliphatic carbocycles. The minimum atomic E-state index is 0.384. The third-order valence-corrected chi connectivity index (χ3v) is 4.66. The SMILES string of the molecule is CCC(Cc1ccccc1)NC(C)c1ccc(SC)cc1. The first-order valence-electron chi connectivity index (χ1n) is 7.66. The highest BCUT2D eigenvalue weighted by Gasteiger charge is 2.12. The zero-order valence-electron chi connectivity index (χ0n) is 13.2. The molecule has 0 fully saturated rings. The maximum absolute atomic E-state index is 3.76. The van der Waals surface area contributed by atoms with E-state index in [-0.39, 0.29) is 0 Å². The Hall–Kier alpha value is -1.25. The van der Waals surface area contributed by atoms with Gasteiger partial charge in [-0.2, -0.15) is 0 Å². The van der Waals surface area contributed by atoms with Gasteiger partial charge >= 0.3 is 0 Å². The third-order valence-electron chi connectivity index (χ3n) is 3.92. The predicted molar refractivity (Wildman–Crippen MR) is 94.0 cm³/mol. The summed E-state index contributed by atoms with van der Waals surface area (Å²) in [6.07, 6.45) is 4.34. The maximum Gasteiger partial charge on any atom is 0.0294 e. The summed E-state index contributed by atoms with van der Waals surface area (Å²) in [5.74, 6) is 0. The molecule has 0 amide bonds. The van der Waals surface area contributed by atoms with E-state index in [1.165, 1.54) is 16.0 Å². The third kappa shape index (κ3) is 4.90. The fourth-order valence-corrected chi connectivity index (χ4v) is 2.97. The molecule has 0 spiro atoms. The van der Waals surface area contributed by atoms with Crippen LogP contribution in [0, 0.1) is 0 Å². The second-order valence-electron chi connectivity index (χ2n) is 5.46. The van der Waals surface area contributed by atoms with E-state index in [0.717, 1.165) is 12.8 Å². The van der Waals surface area contributed by atoms with Crippen molar-refractivity contribution in [1.82, 2.24) is 5.32 Å². The second kappa shape index (κ2) is 8.26. The van der Waals surface area contributed by atoms with Gasteiger partial charge in [0.05, 0.1) is 0 Å². The molecule has 1 N–H and O–H groups in total. The predicted octanol–water partition coefficient (Wildman–Crippen LogP) is 5.08. The van der Waals surface area contributed by atoms with Crippen molar-refractivity contribution in [2.75, 3.05) is 6.26 Å². The number of hydrogen-bond donors (Lipinski definition) is 1. The lowest BCUT2D eigenvalue weighted by molar-refractivity contribution is 0.440. The average Bonchev–Trinajstić information content (AvgIpc) is 2.55. The zero-order valence-corrected chi connectivity index (χ0v) is 14.0. The van der Waals surface area contributed by atoms with Crippen LogP contribution in [0.15, 0.2) is 59.5 Å². The monoisotopic (exact) mass is 299 g/mol. The normalized spacial score (nSPS) is 13.9. The summed E-state index contributed by atoms with van der Waals surface area (Å²) in [5.41, 5.74) is 2.76. The first-order valence-corrected chi connectivity index (χ1v) is 8.89. The van der Waals surface area contributed by atoms with Gasteiger partial charge in [0, 0.05) is 17.0 Å². The van der Waals surface area contributed by atoms with E-state index in [1.807, 2.05) is 0 Å². The van der Waals surface area contributed by atoms with Crippen molar-refractivity contribution in [2.45, 2.75) is 43.7 Å². The Labute approximate surface area is 133 Å². The second-order valence-corrected chi connectivity index (χ2v) is 6.34. The summed E-state index contributed by atoms with van der Waals surface area (Å²) in [6.45, 7) is 4.51. The maximum atomic E-state index is 3.76. The van der Waals surface area contributed by atoms with Crippen molar-refractivity contribution < 1.29 is 0 Å². The molecule has 0 aliphatic rings. The molecule has 0 aromatic heterocycles. The van der Waals surface area contributed by atoms with Gasteiger partial charge in [-0.3, -0.25) is 0 Å². The van der Waals surface area contributed by atoms with E-state index < -0.39 is 0 Å². The summed E-state index contributed by atoms with van der Waals surface area (Å²) in [5, 5.41) is 3.76. The molecular formula is C19H25NS. The molecule has 0 heterocycles. The van der Waals surface area contributed by atoms with Crippen LogP contribution in [-0.2, 0) is 6.42 Å². The van der Waals surface area contributed by atoms with Crippen molar-refractivity contribution in [2.24, 2.45) is 0 Å². The lowest BCUT2D eigenvalue weighted by atomic mass is 10.0. The van der Waals surface area contributed by atoms with Crippen LogP contribution in [0.3, 0.4) is 0 Å². The van der Waals surface area contributed by atoms with Gasteiger partial charge in [-0.1, -0.05) is 49.4 Å². The largest absolute Gasteiger partial charge is 0.307 e. The molecule has 21 heavy (non-hydrogen) atoms.